The van der Waals surface area contributed by atoms with Crippen molar-refractivity contribution in [2.45, 2.75) is 0 Å². The summed E-state index contributed by atoms with van der Waals surface area (Å²) in [5.74, 6) is -0.629. The zero-order valence-electron chi connectivity index (χ0n) is 23.7. The Kier molecular flexibility index (Phi) is 23.5. The molecule has 234 valence electrons. The lowest BCUT2D eigenvalue weighted by atomic mass is 9.90. The summed E-state index contributed by atoms with van der Waals surface area (Å²) in [6.45, 7) is 20.7. The van der Waals surface area contributed by atoms with Gasteiger partial charge in [0.05, 0.1) is 88.4 Å². The van der Waals surface area contributed by atoms with Gasteiger partial charge in [-0.3, -0.25) is 0 Å². The van der Waals surface area contributed by atoms with Gasteiger partial charge in [-0.1, -0.05) is 39.5 Å². The summed E-state index contributed by atoms with van der Waals surface area (Å²) in [4.78, 5) is 11.9. The summed E-state index contributed by atoms with van der Waals surface area (Å²) in [5.41, 5.74) is -1.87. The smallest absolute Gasteiger partial charge is 0.330 e. The Balaban J connectivity index is 5.86. The Bertz CT molecular complexity index is 684. The molecule has 0 bridgehead atoms. The van der Waals surface area contributed by atoms with Gasteiger partial charge in [-0.15, -0.1) is 0 Å². The summed E-state index contributed by atoms with van der Waals surface area (Å²) in [6.07, 6.45) is 7.29. The van der Waals surface area contributed by atoms with Gasteiger partial charge < -0.3 is 56.8 Å². The standard InChI is InChI=1S/C28H44O13/c1-7-26(29)41-20-28(18-39-24-33-11-5,19-40-25-34-12-6)14-35-13-27(15-36-21-30-8-2,16-37-22-31-9-3)17-38-23-32-10-4/h7-12H,1-6,13-25H2. The highest BCUT2D eigenvalue weighted by Crippen LogP contribution is 2.25. The van der Waals surface area contributed by atoms with E-state index < -0.39 is 16.8 Å². The van der Waals surface area contributed by atoms with Crippen LogP contribution in [-0.2, 0) is 61.6 Å². The largest absolute Gasteiger partial charge is 0.476 e. The molecule has 0 saturated carbocycles. The van der Waals surface area contributed by atoms with Crippen LogP contribution in [0.5, 0.6) is 0 Å². The van der Waals surface area contributed by atoms with E-state index in [0.717, 1.165) is 6.08 Å². The fourth-order valence-corrected chi connectivity index (χ4v) is 3.04. The molecule has 0 aliphatic rings. The van der Waals surface area contributed by atoms with E-state index >= 15 is 0 Å². The van der Waals surface area contributed by atoms with E-state index in [4.69, 9.17) is 56.8 Å². The van der Waals surface area contributed by atoms with E-state index in [0.29, 0.717) is 0 Å². The predicted octanol–water partition coefficient (Wildman–Crippen LogP) is 3.38. The molecule has 0 aromatic carbocycles. The number of rotatable bonds is 32. The molecular formula is C28H44O13. The minimum absolute atomic E-state index is 0.00315. The maximum atomic E-state index is 11.9. The molecule has 0 spiro atoms. The first-order chi connectivity index (χ1) is 20.0. The Morgan fingerprint density at radius 2 is 0.707 bits per heavy atom. The quantitative estimate of drug-likeness (QED) is 0.0375. The van der Waals surface area contributed by atoms with Crippen LogP contribution in [0.3, 0.4) is 0 Å². The lowest BCUT2D eigenvalue weighted by Gasteiger charge is -2.36. The Morgan fingerprint density at radius 3 is 0.976 bits per heavy atom. The van der Waals surface area contributed by atoms with Gasteiger partial charge in [0, 0.05) is 6.08 Å². The van der Waals surface area contributed by atoms with Crippen molar-refractivity contribution in [2.75, 3.05) is 86.8 Å². The zero-order valence-corrected chi connectivity index (χ0v) is 23.7. The average molecular weight is 589 g/mol. The van der Waals surface area contributed by atoms with Crippen molar-refractivity contribution >= 4 is 5.97 Å². The molecule has 13 heteroatoms. The summed E-state index contributed by atoms with van der Waals surface area (Å²) in [7, 11) is 0. The lowest BCUT2D eigenvalue weighted by molar-refractivity contribution is -0.178. The number of hydrogen-bond acceptors (Lipinski definition) is 13. The first-order valence-corrected chi connectivity index (χ1v) is 12.3. The second-order valence-electron chi connectivity index (χ2n) is 8.30. The monoisotopic (exact) mass is 588 g/mol. The first kappa shape index (κ1) is 37.7. The maximum Gasteiger partial charge on any atom is 0.330 e. The van der Waals surface area contributed by atoms with E-state index in [1.165, 1.54) is 31.3 Å². The molecule has 0 heterocycles. The summed E-state index contributed by atoms with van der Waals surface area (Å²) in [5, 5.41) is 0. The molecule has 0 N–H and O–H groups in total. The number of hydrogen-bond donors (Lipinski definition) is 0. The van der Waals surface area contributed by atoms with Crippen molar-refractivity contribution in [3.8, 4) is 0 Å². The third kappa shape index (κ3) is 19.4. The molecule has 0 aliphatic heterocycles. The Hall–Kier alpha value is -3.33. The molecule has 0 aliphatic carbocycles. The molecule has 0 radical (unpaired) electrons. The number of carbonyl (C=O) groups is 1. The molecule has 0 rings (SSSR count). The molecule has 0 amide bonds. The van der Waals surface area contributed by atoms with Gasteiger partial charge in [-0.05, 0) is 0 Å². The molecule has 0 aromatic rings. The van der Waals surface area contributed by atoms with Crippen molar-refractivity contribution in [3.05, 3.63) is 76.9 Å². The minimum Gasteiger partial charge on any atom is -0.476 e. The number of esters is 1. The van der Waals surface area contributed by atoms with Crippen LogP contribution in [0.2, 0.25) is 0 Å². The van der Waals surface area contributed by atoms with E-state index in [1.807, 2.05) is 0 Å². The van der Waals surface area contributed by atoms with Gasteiger partial charge in [0.1, 0.15) is 6.61 Å². The van der Waals surface area contributed by atoms with Crippen LogP contribution in [0.15, 0.2) is 76.9 Å². The second kappa shape index (κ2) is 25.6. The SMILES string of the molecule is C=COCOCC(COCOC=C)(COCOC=C)COCC(COCOC=C)(COCOC=C)COC(=O)C=C. The molecule has 0 fully saturated rings. The topological polar surface area (TPSA) is 128 Å². The third-order valence-corrected chi connectivity index (χ3v) is 4.89. The van der Waals surface area contributed by atoms with Crippen LogP contribution in [0, 0.1) is 10.8 Å². The molecular weight excluding hydrogens is 544 g/mol. The van der Waals surface area contributed by atoms with Crippen molar-refractivity contribution in [2.24, 2.45) is 10.8 Å². The molecule has 0 unspecified atom stereocenters. The van der Waals surface area contributed by atoms with Gasteiger partial charge in [0.2, 0.25) is 0 Å². The van der Waals surface area contributed by atoms with Gasteiger partial charge in [-0.2, -0.15) is 0 Å². The first-order valence-electron chi connectivity index (χ1n) is 12.3. The molecule has 0 atom stereocenters. The van der Waals surface area contributed by atoms with Crippen LogP contribution < -0.4 is 0 Å². The van der Waals surface area contributed by atoms with Crippen LogP contribution >= 0.6 is 0 Å². The summed E-state index contributed by atoms with van der Waals surface area (Å²) < 4.78 is 65.2. The highest BCUT2D eigenvalue weighted by atomic mass is 16.7. The lowest BCUT2D eigenvalue weighted by Crippen LogP contribution is -2.46. The highest BCUT2D eigenvalue weighted by Gasteiger charge is 2.37. The predicted molar refractivity (Wildman–Crippen MR) is 147 cm³/mol. The molecule has 41 heavy (non-hydrogen) atoms. The minimum atomic E-state index is -0.994. The molecule has 0 saturated heterocycles. The van der Waals surface area contributed by atoms with Crippen LogP contribution in [0.4, 0.5) is 0 Å². The van der Waals surface area contributed by atoms with Crippen LogP contribution in [0.1, 0.15) is 0 Å². The second-order valence-corrected chi connectivity index (χ2v) is 8.30. The van der Waals surface area contributed by atoms with Crippen molar-refractivity contribution in [1.29, 1.82) is 0 Å². The molecule has 13 nitrogen and oxygen atoms in total. The van der Waals surface area contributed by atoms with E-state index in [1.54, 1.807) is 0 Å². The number of carbonyl (C=O) groups excluding carboxylic acids is 1. The van der Waals surface area contributed by atoms with Crippen molar-refractivity contribution < 1.29 is 61.6 Å². The van der Waals surface area contributed by atoms with Gasteiger partial charge in [0.15, 0.2) is 34.0 Å². The maximum absolute atomic E-state index is 11.9. The van der Waals surface area contributed by atoms with Crippen molar-refractivity contribution in [3.63, 3.8) is 0 Å². The third-order valence-electron chi connectivity index (χ3n) is 4.89. The van der Waals surface area contributed by atoms with Crippen LogP contribution in [0.25, 0.3) is 0 Å². The fourth-order valence-electron chi connectivity index (χ4n) is 3.04. The number of ether oxygens (including phenoxy) is 12. The zero-order chi connectivity index (χ0) is 30.5. The Labute approximate surface area is 242 Å². The van der Waals surface area contributed by atoms with Gasteiger partial charge in [0.25, 0.3) is 0 Å². The van der Waals surface area contributed by atoms with E-state index in [9.17, 15) is 4.79 Å². The fraction of sp³-hybridized carbons (Fsp3) is 0.536. The van der Waals surface area contributed by atoms with Crippen LogP contribution in [-0.4, -0.2) is 92.8 Å². The highest BCUT2D eigenvalue weighted by molar-refractivity contribution is 5.81. The van der Waals surface area contributed by atoms with Gasteiger partial charge in [-0.25, -0.2) is 4.79 Å². The summed E-state index contributed by atoms with van der Waals surface area (Å²) in [6, 6.07) is 0. The summed E-state index contributed by atoms with van der Waals surface area (Å²) >= 11 is 0. The van der Waals surface area contributed by atoms with E-state index in [-0.39, 0.29) is 86.8 Å². The van der Waals surface area contributed by atoms with E-state index in [2.05, 4.69) is 39.5 Å². The average Bonchev–Trinajstić information content (AvgIpc) is 2.98. The van der Waals surface area contributed by atoms with Gasteiger partial charge >= 0.3 is 5.97 Å². The van der Waals surface area contributed by atoms with Crippen molar-refractivity contribution in [1.82, 2.24) is 0 Å². The Morgan fingerprint density at radius 1 is 0.439 bits per heavy atom. The normalized spacial score (nSPS) is 11.0. The molecule has 0 aromatic heterocycles.